The number of carbonyl (C=O) groups excluding carboxylic acids is 1. The molecule has 0 saturated carbocycles. The lowest BCUT2D eigenvalue weighted by Gasteiger charge is -2.05. The number of amides is 1. The van der Waals surface area contributed by atoms with Gasteiger partial charge in [-0.25, -0.2) is 0 Å². The predicted molar refractivity (Wildman–Crippen MR) is 75.0 cm³/mol. The second kappa shape index (κ2) is 17.8. The van der Waals surface area contributed by atoms with E-state index in [4.69, 9.17) is 5.73 Å². The first kappa shape index (κ1) is 18.7. The summed E-state index contributed by atoms with van der Waals surface area (Å²) in [5, 5.41) is 6.14. The highest BCUT2D eigenvalue weighted by Gasteiger charge is 1.94. The van der Waals surface area contributed by atoms with Crippen molar-refractivity contribution in [3.05, 3.63) is 0 Å². The van der Waals surface area contributed by atoms with Gasteiger partial charge in [0.15, 0.2) is 0 Å². The van der Waals surface area contributed by atoms with E-state index in [1.54, 1.807) is 0 Å². The molecule has 0 aliphatic heterocycles. The molecule has 0 aromatic heterocycles. The Balaban J connectivity index is 0. The van der Waals surface area contributed by atoms with Gasteiger partial charge >= 0.3 is 0 Å². The maximum absolute atomic E-state index is 10.8. The molecule has 0 aromatic carbocycles. The van der Waals surface area contributed by atoms with Crippen molar-refractivity contribution >= 4 is 5.91 Å². The Kier molecular flexibility index (Phi) is 19.6. The van der Waals surface area contributed by atoms with Gasteiger partial charge in [0.2, 0.25) is 5.91 Å². The maximum atomic E-state index is 10.8. The van der Waals surface area contributed by atoms with Gasteiger partial charge in [-0.2, -0.15) is 0 Å². The molecule has 0 unspecified atom stereocenters. The number of hydrogen-bond acceptors (Lipinski definition) is 3. The van der Waals surface area contributed by atoms with Gasteiger partial charge in [-0.3, -0.25) is 4.79 Å². The number of nitrogens with one attached hydrogen (secondary N) is 2. The number of nitrogens with two attached hydrogens (primary N) is 1. The molecule has 4 N–H and O–H groups in total. The Labute approximate surface area is 107 Å². The van der Waals surface area contributed by atoms with E-state index in [0.717, 1.165) is 45.4 Å². The van der Waals surface area contributed by atoms with Crippen molar-refractivity contribution in [1.82, 2.24) is 10.6 Å². The molecule has 104 valence electrons. The zero-order chi connectivity index (χ0) is 13.4. The van der Waals surface area contributed by atoms with Gasteiger partial charge in [-0.1, -0.05) is 27.2 Å². The first-order valence-electron chi connectivity index (χ1n) is 6.90. The molecule has 0 radical (unpaired) electrons. The van der Waals surface area contributed by atoms with Crippen molar-refractivity contribution in [3.8, 4) is 0 Å². The van der Waals surface area contributed by atoms with E-state index < -0.39 is 0 Å². The summed E-state index contributed by atoms with van der Waals surface area (Å²) in [7, 11) is 0. The molecule has 0 rings (SSSR count). The SMILES string of the molecule is CCC.CCC(=O)NCCCNCCCCN. The molecule has 1 amide bonds. The fourth-order valence-corrected chi connectivity index (χ4v) is 1.09. The van der Waals surface area contributed by atoms with Crippen LogP contribution in [0, 0.1) is 0 Å². The van der Waals surface area contributed by atoms with Crippen molar-refractivity contribution < 1.29 is 4.79 Å². The van der Waals surface area contributed by atoms with Gasteiger partial charge in [-0.05, 0) is 38.9 Å². The van der Waals surface area contributed by atoms with Crippen LogP contribution in [0.5, 0.6) is 0 Å². The summed E-state index contributed by atoms with van der Waals surface area (Å²) in [6.07, 6.45) is 5.04. The van der Waals surface area contributed by atoms with Gasteiger partial charge in [0.1, 0.15) is 0 Å². The van der Waals surface area contributed by atoms with E-state index >= 15 is 0 Å². The molecule has 0 aliphatic rings. The van der Waals surface area contributed by atoms with Crippen molar-refractivity contribution in [2.24, 2.45) is 5.73 Å². The minimum absolute atomic E-state index is 0.133. The number of rotatable bonds is 9. The van der Waals surface area contributed by atoms with Crippen molar-refractivity contribution in [3.63, 3.8) is 0 Å². The Morgan fingerprint density at radius 1 is 1.00 bits per heavy atom. The van der Waals surface area contributed by atoms with E-state index in [1.807, 2.05) is 6.92 Å². The van der Waals surface area contributed by atoms with Crippen molar-refractivity contribution in [2.45, 2.75) is 52.9 Å². The molecular weight excluding hydrogens is 214 g/mol. The maximum Gasteiger partial charge on any atom is 0.219 e. The molecule has 0 heterocycles. The minimum atomic E-state index is 0.133. The Bertz CT molecular complexity index is 152. The van der Waals surface area contributed by atoms with E-state index in [2.05, 4.69) is 24.5 Å². The third-order valence-corrected chi connectivity index (χ3v) is 1.98. The molecule has 0 atom stereocenters. The first-order chi connectivity index (χ1) is 8.22. The van der Waals surface area contributed by atoms with Crippen LogP contribution in [0.1, 0.15) is 52.9 Å². The predicted octanol–water partition coefficient (Wildman–Crippen LogP) is 1.65. The highest BCUT2D eigenvalue weighted by atomic mass is 16.1. The van der Waals surface area contributed by atoms with Crippen LogP contribution >= 0.6 is 0 Å². The normalized spacial score (nSPS) is 9.41. The van der Waals surface area contributed by atoms with Gasteiger partial charge in [0.25, 0.3) is 0 Å². The molecule has 0 fully saturated rings. The summed E-state index contributed by atoms with van der Waals surface area (Å²) in [4.78, 5) is 10.8. The molecule has 4 heteroatoms. The summed E-state index contributed by atoms with van der Waals surface area (Å²) >= 11 is 0. The minimum Gasteiger partial charge on any atom is -0.356 e. The smallest absolute Gasteiger partial charge is 0.219 e. The molecule has 17 heavy (non-hydrogen) atoms. The van der Waals surface area contributed by atoms with Crippen LogP contribution < -0.4 is 16.4 Å². The van der Waals surface area contributed by atoms with Crippen LogP contribution in [0.3, 0.4) is 0 Å². The standard InChI is InChI=1S/C10H23N3O.C3H8/c1-2-10(14)13-9-5-8-12-7-4-3-6-11;1-3-2/h12H,2-9,11H2,1H3,(H,13,14);3H2,1-2H3. The van der Waals surface area contributed by atoms with Crippen LogP contribution in [0.25, 0.3) is 0 Å². The second-order valence-corrected chi connectivity index (χ2v) is 4.01. The average molecular weight is 245 g/mol. The Morgan fingerprint density at radius 3 is 2.12 bits per heavy atom. The van der Waals surface area contributed by atoms with Crippen molar-refractivity contribution in [1.29, 1.82) is 0 Å². The van der Waals surface area contributed by atoms with Gasteiger partial charge in [0, 0.05) is 13.0 Å². The fourth-order valence-electron chi connectivity index (χ4n) is 1.09. The van der Waals surface area contributed by atoms with Crippen LogP contribution in [0.15, 0.2) is 0 Å². The van der Waals surface area contributed by atoms with Crippen LogP contribution in [-0.2, 0) is 4.79 Å². The van der Waals surface area contributed by atoms with Crippen LogP contribution in [0.2, 0.25) is 0 Å². The van der Waals surface area contributed by atoms with Crippen molar-refractivity contribution in [2.75, 3.05) is 26.2 Å². The first-order valence-corrected chi connectivity index (χ1v) is 6.90. The number of carbonyl (C=O) groups is 1. The number of hydrogen-bond donors (Lipinski definition) is 3. The van der Waals surface area contributed by atoms with E-state index in [9.17, 15) is 4.79 Å². The lowest BCUT2D eigenvalue weighted by atomic mass is 10.3. The average Bonchev–Trinajstić information content (AvgIpc) is 2.33. The summed E-state index contributed by atoms with van der Waals surface area (Å²) < 4.78 is 0. The summed E-state index contributed by atoms with van der Waals surface area (Å²) in [5.41, 5.74) is 5.36. The Morgan fingerprint density at radius 2 is 1.59 bits per heavy atom. The highest BCUT2D eigenvalue weighted by Crippen LogP contribution is 1.83. The molecule has 0 aromatic rings. The fraction of sp³-hybridized carbons (Fsp3) is 0.923. The van der Waals surface area contributed by atoms with Crippen LogP contribution in [-0.4, -0.2) is 32.1 Å². The van der Waals surface area contributed by atoms with Gasteiger partial charge in [-0.15, -0.1) is 0 Å². The van der Waals surface area contributed by atoms with E-state index in [1.165, 1.54) is 6.42 Å². The lowest BCUT2D eigenvalue weighted by molar-refractivity contribution is -0.120. The third kappa shape index (κ3) is 21.3. The molecule has 4 nitrogen and oxygen atoms in total. The quantitative estimate of drug-likeness (QED) is 0.541. The number of unbranched alkanes of at least 4 members (excludes halogenated alkanes) is 1. The molecule has 0 spiro atoms. The zero-order valence-electron chi connectivity index (χ0n) is 11.8. The van der Waals surface area contributed by atoms with Crippen LogP contribution in [0.4, 0.5) is 0 Å². The monoisotopic (exact) mass is 245 g/mol. The highest BCUT2D eigenvalue weighted by molar-refractivity contribution is 5.75. The zero-order valence-corrected chi connectivity index (χ0v) is 11.8. The molecule has 0 bridgehead atoms. The van der Waals surface area contributed by atoms with Gasteiger partial charge < -0.3 is 16.4 Å². The largest absolute Gasteiger partial charge is 0.356 e. The molecule has 0 saturated heterocycles. The summed E-state index contributed by atoms with van der Waals surface area (Å²) in [5.74, 6) is 0.133. The molecular formula is C13H31N3O. The summed E-state index contributed by atoms with van der Waals surface area (Å²) in [6.45, 7) is 9.65. The summed E-state index contributed by atoms with van der Waals surface area (Å²) in [6, 6.07) is 0. The van der Waals surface area contributed by atoms with Gasteiger partial charge in [0.05, 0.1) is 0 Å². The molecule has 0 aliphatic carbocycles. The lowest BCUT2D eigenvalue weighted by Crippen LogP contribution is -2.27. The third-order valence-electron chi connectivity index (χ3n) is 1.98. The topological polar surface area (TPSA) is 67.2 Å². The second-order valence-electron chi connectivity index (χ2n) is 4.01. The Hall–Kier alpha value is -0.610. The van der Waals surface area contributed by atoms with E-state index in [-0.39, 0.29) is 5.91 Å². The van der Waals surface area contributed by atoms with E-state index in [0.29, 0.717) is 6.42 Å².